The summed E-state index contributed by atoms with van der Waals surface area (Å²) in [5, 5.41) is 3.75. The van der Waals surface area contributed by atoms with Crippen molar-refractivity contribution in [2.45, 2.75) is 0 Å². The van der Waals surface area contributed by atoms with Crippen LogP contribution in [0.2, 0.25) is 0 Å². The Morgan fingerprint density at radius 2 is 1.67 bits per heavy atom. The van der Waals surface area contributed by atoms with Crippen LogP contribution in [-0.2, 0) is 0 Å². The molecule has 3 nitrogen and oxygen atoms in total. The van der Waals surface area contributed by atoms with Gasteiger partial charge in [-0.05, 0) is 11.5 Å². The van der Waals surface area contributed by atoms with Crippen molar-refractivity contribution in [2.24, 2.45) is 0 Å². The van der Waals surface area contributed by atoms with Crippen LogP contribution in [-0.4, -0.2) is 30.5 Å². The summed E-state index contributed by atoms with van der Waals surface area (Å²) in [6, 6.07) is 15.2. The Balaban J connectivity index is 2.26. The smallest absolute Gasteiger partial charge is 0.145 e. The number of hydrogen-bond donors (Lipinski definition) is 0. The van der Waals surface area contributed by atoms with E-state index in [2.05, 4.69) is 73.0 Å². The van der Waals surface area contributed by atoms with Crippen molar-refractivity contribution in [3.63, 3.8) is 0 Å². The Hall–Kier alpha value is -2.39. The lowest BCUT2D eigenvalue weighted by Gasteiger charge is -2.24. The van der Waals surface area contributed by atoms with E-state index in [1.165, 1.54) is 27.4 Å². The average molecular weight is 276 g/mol. The van der Waals surface area contributed by atoms with E-state index in [0.29, 0.717) is 0 Å². The molecule has 3 heteroatoms. The van der Waals surface area contributed by atoms with Gasteiger partial charge in [0.25, 0.3) is 0 Å². The van der Waals surface area contributed by atoms with Crippen LogP contribution in [0.25, 0.3) is 27.3 Å². The molecule has 0 bridgehead atoms. The molecular formula is C18H18N3+. The minimum Gasteiger partial charge on any atom is -0.299 e. The summed E-state index contributed by atoms with van der Waals surface area (Å²) < 4.78 is 2.99. The molecular weight excluding hydrogens is 258 g/mol. The van der Waals surface area contributed by atoms with E-state index < -0.39 is 0 Å². The van der Waals surface area contributed by atoms with Crippen LogP contribution in [0.15, 0.2) is 54.9 Å². The van der Waals surface area contributed by atoms with Gasteiger partial charge in [0, 0.05) is 35.3 Å². The predicted molar refractivity (Wildman–Crippen MR) is 89.8 cm³/mol. The fourth-order valence-corrected chi connectivity index (χ4v) is 2.98. The molecule has 4 rings (SSSR count). The van der Waals surface area contributed by atoms with E-state index in [1.54, 1.807) is 0 Å². The minimum absolute atomic E-state index is 0.812. The summed E-state index contributed by atoms with van der Waals surface area (Å²) in [7, 11) is 6.58. The average Bonchev–Trinajstić information content (AvgIpc) is 2.96. The molecule has 2 heterocycles. The SMILES string of the molecule is C[N+](C)(C)c1ccc2c(c1)c1ccccc1c1nccn21. The van der Waals surface area contributed by atoms with Crippen LogP contribution in [0.4, 0.5) is 5.69 Å². The Morgan fingerprint density at radius 3 is 2.43 bits per heavy atom. The Bertz CT molecular complexity index is 974. The highest BCUT2D eigenvalue weighted by Crippen LogP contribution is 2.32. The molecule has 0 atom stereocenters. The van der Waals surface area contributed by atoms with Gasteiger partial charge in [0.2, 0.25) is 0 Å². The van der Waals surface area contributed by atoms with Crippen molar-refractivity contribution in [2.75, 3.05) is 21.1 Å². The molecule has 21 heavy (non-hydrogen) atoms. The van der Waals surface area contributed by atoms with Crippen LogP contribution >= 0.6 is 0 Å². The number of fused-ring (bicyclic) bond motifs is 6. The molecule has 2 aromatic carbocycles. The fraction of sp³-hybridized carbons (Fsp3) is 0.167. The monoisotopic (exact) mass is 276 g/mol. The molecule has 4 aromatic rings. The number of pyridine rings is 1. The summed E-state index contributed by atoms with van der Waals surface area (Å²) in [4.78, 5) is 4.53. The van der Waals surface area contributed by atoms with Crippen LogP contribution < -0.4 is 4.48 Å². The zero-order chi connectivity index (χ0) is 14.6. The minimum atomic E-state index is 0.812. The van der Waals surface area contributed by atoms with Crippen LogP contribution in [0.3, 0.4) is 0 Å². The lowest BCUT2D eigenvalue weighted by atomic mass is 10.0. The largest absolute Gasteiger partial charge is 0.299 e. The summed E-state index contributed by atoms with van der Waals surface area (Å²) in [6.45, 7) is 0. The molecule has 0 unspecified atom stereocenters. The second-order valence-electron chi connectivity index (χ2n) is 6.38. The predicted octanol–water partition coefficient (Wildman–Crippen LogP) is 3.84. The van der Waals surface area contributed by atoms with E-state index >= 15 is 0 Å². The molecule has 0 saturated carbocycles. The quantitative estimate of drug-likeness (QED) is 0.381. The zero-order valence-corrected chi connectivity index (χ0v) is 12.5. The molecule has 0 radical (unpaired) electrons. The highest BCUT2D eigenvalue weighted by atomic mass is 15.3. The third-order valence-corrected chi connectivity index (χ3v) is 4.11. The second-order valence-corrected chi connectivity index (χ2v) is 6.38. The molecule has 0 spiro atoms. The first-order valence-electron chi connectivity index (χ1n) is 7.15. The highest BCUT2D eigenvalue weighted by Gasteiger charge is 2.15. The molecule has 104 valence electrons. The van der Waals surface area contributed by atoms with E-state index in [-0.39, 0.29) is 0 Å². The van der Waals surface area contributed by atoms with E-state index in [0.717, 1.165) is 10.1 Å². The molecule has 0 saturated heterocycles. The third kappa shape index (κ3) is 1.74. The van der Waals surface area contributed by atoms with Gasteiger partial charge in [-0.1, -0.05) is 24.3 Å². The molecule has 0 fully saturated rings. The van der Waals surface area contributed by atoms with Crippen molar-refractivity contribution in [3.05, 3.63) is 54.9 Å². The Labute approximate surface area is 123 Å². The lowest BCUT2D eigenvalue weighted by molar-refractivity contribution is 0.487. The summed E-state index contributed by atoms with van der Waals surface area (Å²) in [6.07, 6.45) is 3.91. The number of imidazole rings is 1. The van der Waals surface area contributed by atoms with Gasteiger partial charge >= 0.3 is 0 Å². The first-order chi connectivity index (χ1) is 10.1. The topological polar surface area (TPSA) is 17.3 Å². The summed E-state index contributed by atoms with van der Waals surface area (Å²) in [5.41, 5.74) is 3.53. The van der Waals surface area contributed by atoms with Gasteiger partial charge in [-0.15, -0.1) is 0 Å². The van der Waals surface area contributed by atoms with Crippen molar-refractivity contribution < 1.29 is 0 Å². The maximum Gasteiger partial charge on any atom is 0.145 e. The second kappa shape index (κ2) is 4.06. The third-order valence-electron chi connectivity index (χ3n) is 4.11. The summed E-state index contributed by atoms with van der Waals surface area (Å²) >= 11 is 0. The molecule has 0 aliphatic heterocycles. The molecule has 0 N–H and O–H groups in total. The van der Waals surface area contributed by atoms with Crippen LogP contribution in [0.5, 0.6) is 0 Å². The van der Waals surface area contributed by atoms with Crippen LogP contribution in [0.1, 0.15) is 0 Å². The summed E-state index contributed by atoms with van der Waals surface area (Å²) in [5.74, 6) is 0. The first-order valence-corrected chi connectivity index (χ1v) is 7.15. The number of nitrogens with zero attached hydrogens (tertiary/aromatic N) is 3. The Kier molecular flexibility index (Phi) is 2.39. The van der Waals surface area contributed by atoms with Crippen molar-refractivity contribution in [1.29, 1.82) is 0 Å². The maximum atomic E-state index is 4.53. The normalized spacial score (nSPS) is 12.5. The molecule has 0 amide bonds. The number of aromatic nitrogens is 2. The van der Waals surface area contributed by atoms with Gasteiger partial charge in [-0.3, -0.25) is 8.88 Å². The first kappa shape index (κ1) is 12.4. The highest BCUT2D eigenvalue weighted by molar-refractivity contribution is 6.12. The fourth-order valence-electron chi connectivity index (χ4n) is 2.98. The van der Waals surface area contributed by atoms with Crippen LogP contribution in [0, 0.1) is 0 Å². The van der Waals surface area contributed by atoms with Gasteiger partial charge in [-0.25, -0.2) is 4.98 Å². The number of hydrogen-bond acceptors (Lipinski definition) is 1. The molecule has 0 aliphatic rings. The van der Waals surface area contributed by atoms with E-state index in [4.69, 9.17) is 0 Å². The van der Waals surface area contributed by atoms with E-state index in [1.807, 2.05) is 12.4 Å². The van der Waals surface area contributed by atoms with Crippen molar-refractivity contribution in [1.82, 2.24) is 13.9 Å². The van der Waals surface area contributed by atoms with Gasteiger partial charge in [0.15, 0.2) is 0 Å². The standard InChI is InChI=1S/C18H18N3/c1-21(2,3)13-8-9-17-16(12-13)14-6-4-5-7-15(14)18-19-10-11-20(17)18/h4-12H,1-3H3/q+1. The van der Waals surface area contributed by atoms with Gasteiger partial charge in [0.1, 0.15) is 11.3 Å². The van der Waals surface area contributed by atoms with Crippen molar-refractivity contribution in [3.8, 4) is 0 Å². The van der Waals surface area contributed by atoms with Gasteiger partial charge < -0.3 is 0 Å². The number of rotatable bonds is 1. The van der Waals surface area contributed by atoms with Gasteiger partial charge in [0.05, 0.1) is 26.7 Å². The lowest BCUT2D eigenvalue weighted by Crippen LogP contribution is -2.34. The zero-order valence-electron chi connectivity index (χ0n) is 12.5. The molecule has 2 aromatic heterocycles. The number of quaternary nitrogens is 1. The van der Waals surface area contributed by atoms with Gasteiger partial charge in [-0.2, -0.15) is 0 Å². The Morgan fingerprint density at radius 1 is 0.905 bits per heavy atom. The number of benzene rings is 2. The maximum absolute atomic E-state index is 4.53. The van der Waals surface area contributed by atoms with Crippen molar-refractivity contribution >= 4 is 33.0 Å². The van der Waals surface area contributed by atoms with E-state index in [9.17, 15) is 0 Å². The molecule has 0 aliphatic carbocycles.